The van der Waals surface area contributed by atoms with Crippen molar-refractivity contribution in [1.82, 2.24) is 5.32 Å². The minimum absolute atomic E-state index is 0.111. The Balaban J connectivity index is 0.00000143. The third kappa shape index (κ3) is 21.8. The Labute approximate surface area is 299 Å². The van der Waals surface area contributed by atoms with Crippen LogP contribution >= 0.6 is 31.9 Å². The Morgan fingerprint density at radius 1 is 0.840 bits per heavy atom. The number of carbonyl (C=O) groups excluding carboxylic acids is 1. The summed E-state index contributed by atoms with van der Waals surface area (Å²) in [5, 5.41) is 21.4. The highest BCUT2D eigenvalue weighted by molar-refractivity contribution is 9.11. The quantitative estimate of drug-likeness (QED) is 0.0429. The summed E-state index contributed by atoms with van der Waals surface area (Å²) in [5.41, 5.74) is 17.3. The molecule has 0 aliphatic carbocycles. The number of alkyl halides is 6. The van der Waals surface area contributed by atoms with Gasteiger partial charge in [0.15, 0.2) is 11.7 Å². The van der Waals surface area contributed by atoms with Gasteiger partial charge in [0.05, 0.1) is 15.6 Å². The Hall–Kier alpha value is -4.11. The zero-order chi connectivity index (χ0) is 38.3. The normalized spacial score (nSPS) is 11.2. The van der Waals surface area contributed by atoms with E-state index in [0.29, 0.717) is 37.7 Å². The number of benzene rings is 2. The average molecular weight is 854 g/mol. The van der Waals surface area contributed by atoms with Crippen molar-refractivity contribution >= 4 is 61.4 Å². The lowest BCUT2D eigenvalue weighted by molar-refractivity contribution is -0.193. The highest BCUT2D eigenvalue weighted by atomic mass is 79.9. The van der Waals surface area contributed by atoms with Crippen molar-refractivity contribution in [2.45, 2.75) is 50.9 Å². The summed E-state index contributed by atoms with van der Waals surface area (Å²) in [5.74, 6) is -4.44. The molecule has 0 atom stereocenters. The van der Waals surface area contributed by atoms with E-state index < -0.39 is 24.3 Å². The Morgan fingerprint density at radius 2 is 1.36 bits per heavy atom. The number of carboxylic acids is 2. The molecule has 2 aromatic rings. The number of carbonyl (C=O) groups is 3. The first-order valence-electron chi connectivity index (χ1n) is 14.3. The number of ether oxygens (including phenoxy) is 1. The van der Waals surface area contributed by atoms with E-state index in [4.69, 9.17) is 46.6 Å². The van der Waals surface area contributed by atoms with Gasteiger partial charge in [0.25, 0.3) is 5.91 Å². The first-order valence-corrected chi connectivity index (χ1v) is 15.9. The predicted octanol–water partition coefficient (Wildman–Crippen LogP) is 5.13. The first-order chi connectivity index (χ1) is 23.3. The molecule has 0 aliphatic heterocycles. The molecule has 1 amide bonds. The zero-order valence-electron chi connectivity index (χ0n) is 26.2. The fourth-order valence-corrected chi connectivity index (χ4v) is 4.66. The van der Waals surface area contributed by atoms with Crippen molar-refractivity contribution in [3.05, 3.63) is 57.0 Å². The highest BCUT2D eigenvalue weighted by Crippen LogP contribution is 2.35. The Kier molecular flexibility index (Phi) is 22.1. The molecule has 9 N–H and O–H groups in total. The topological polar surface area (TPSA) is 225 Å². The number of guanidine groups is 1. The first kappa shape index (κ1) is 45.9. The second-order valence-corrected chi connectivity index (χ2v) is 11.3. The van der Waals surface area contributed by atoms with Crippen LogP contribution in [0.2, 0.25) is 0 Å². The lowest BCUT2D eigenvalue weighted by Crippen LogP contribution is -2.33. The van der Waals surface area contributed by atoms with Gasteiger partial charge in [-0.2, -0.15) is 26.3 Å². The maximum atomic E-state index is 13.0. The van der Waals surface area contributed by atoms with Crippen LogP contribution in [0.5, 0.6) is 11.5 Å². The smallest absolute Gasteiger partial charge is 0.490 e. The summed E-state index contributed by atoms with van der Waals surface area (Å²) in [6.45, 7) is 2.22. The van der Waals surface area contributed by atoms with Gasteiger partial charge < -0.3 is 42.3 Å². The number of nitrogens with one attached hydrogen (secondary N) is 1. The van der Waals surface area contributed by atoms with E-state index in [1.54, 1.807) is 12.1 Å². The van der Waals surface area contributed by atoms with Gasteiger partial charge in [-0.05, 0) is 87.5 Å². The number of nitrogens with zero attached hydrogens (tertiary/aromatic N) is 2. The van der Waals surface area contributed by atoms with Crippen LogP contribution in [0.1, 0.15) is 37.7 Å². The fraction of sp³-hybridized carbons (Fsp3) is 0.414. The number of halogens is 8. The molecule has 2 aromatic carbocycles. The lowest BCUT2D eigenvalue weighted by atomic mass is 10.1. The summed E-state index contributed by atoms with van der Waals surface area (Å²) in [4.78, 5) is 40.3. The number of amides is 1. The molecular formula is C29H36Br2F6N6O7. The minimum atomic E-state index is -5.08. The van der Waals surface area contributed by atoms with Gasteiger partial charge in [-0.15, -0.1) is 0 Å². The largest absolute Gasteiger partial charge is 0.491 e. The second kappa shape index (κ2) is 24.1. The predicted molar refractivity (Wildman–Crippen MR) is 179 cm³/mol. The summed E-state index contributed by atoms with van der Waals surface area (Å²) < 4.78 is 70.8. The molecule has 0 fully saturated rings. The van der Waals surface area contributed by atoms with E-state index in [-0.39, 0.29) is 24.0 Å². The zero-order valence-corrected chi connectivity index (χ0v) is 29.4. The van der Waals surface area contributed by atoms with Gasteiger partial charge in [-0.3, -0.25) is 9.79 Å². The maximum Gasteiger partial charge on any atom is 0.490 e. The number of para-hydroxylation sites is 1. The number of nitrogens with two attached hydrogens (primary N) is 3. The molecule has 280 valence electrons. The number of hydrogen-bond acceptors (Lipinski definition) is 8. The van der Waals surface area contributed by atoms with Crippen LogP contribution in [-0.2, 0) is 20.8 Å². The van der Waals surface area contributed by atoms with Crippen molar-refractivity contribution in [3.63, 3.8) is 0 Å². The molecule has 21 heteroatoms. The molecule has 0 heterocycles. The van der Waals surface area contributed by atoms with Crippen molar-refractivity contribution < 1.29 is 60.5 Å². The second-order valence-electron chi connectivity index (χ2n) is 9.58. The van der Waals surface area contributed by atoms with E-state index in [2.05, 4.69) is 47.3 Å². The molecule has 0 aliphatic rings. The number of unbranched alkanes of at least 4 members (excludes halogenated alkanes) is 3. The molecule has 0 saturated carbocycles. The van der Waals surface area contributed by atoms with E-state index in [1.165, 1.54) is 0 Å². The summed E-state index contributed by atoms with van der Waals surface area (Å²) >= 11 is 7.12. The molecule has 13 nitrogen and oxygen atoms in total. The number of aliphatic carboxylic acids is 2. The molecular weight excluding hydrogens is 818 g/mol. The van der Waals surface area contributed by atoms with Gasteiger partial charge >= 0.3 is 24.3 Å². The monoisotopic (exact) mass is 852 g/mol. The SMILES string of the molecule is NCCCOc1c(Br)cc(C/C(=N/Oc2ccccc2)C(=O)NCCCCCCN=C(N)N)cc1Br.O=C(O)C(F)(F)F.O=C(O)C(F)(F)F. The van der Waals surface area contributed by atoms with Crippen molar-refractivity contribution in [1.29, 1.82) is 0 Å². The number of carboxylic acid groups (broad SMARTS) is 2. The minimum Gasteiger partial charge on any atom is -0.491 e. The fourth-order valence-electron chi connectivity index (χ4n) is 3.15. The lowest BCUT2D eigenvalue weighted by Gasteiger charge is -2.13. The third-order valence-electron chi connectivity index (χ3n) is 5.44. The van der Waals surface area contributed by atoms with Gasteiger partial charge in [0, 0.05) is 19.5 Å². The van der Waals surface area contributed by atoms with Gasteiger partial charge in [0.2, 0.25) is 0 Å². The molecule has 0 unspecified atom stereocenters. The average Bonchev–Trinajstić information content (AvgIpc) is 3.01. The number of aliphatic imine (C=N–C) groups is 1. The molecule has 2 rings (SSSR count). The van der Waals surface area contributed by atoms with Crippen molar-refractivity contribution in [2.75, 3.05) is 26.2 Å². The summed E-state index contributed by atoms with van der Waals surface area (Å²) in [6.07, 6.45) is -5.46. The molecule has 0 bridgehead atoms. The molecule has 0 spiro atoms. The van der Waals surface area contributed by atoms with E-state index >= 15 is 0 Å². The van der Waals surface area contributed by atoms with Crippen molar-refractivity contribution in [2.24, 2.45) is 27.3 Å². The Bertz CT molecular complexity index is 1360. The van der Waals surface area contributed by atoms with Gasteiger partial charge in [-0.1, -0.05) is 36.2 Å². The van der Waals surface area contributed by atoms with E-state index in [9.17, 15) is 31.1 Å². The number of hydrogen-bond donors (Lipinski definition) is 6. The van der Waals surface area contributed by atoms with Crippen LogP contribution in [-0.4, -0.2) is 78.3 Å². The van der Waals surface area contributed by atoms with Gasteiger partial charge in [-0.25, -0.2) is 9.59 Å². The van der Waals surface area contributed by atoms with Crippen LogP contribution in [0.25, 0.3) is 0 Å². The molecule has 0 saturated heterocycles. The maximum absolute atomic E-state index is 13.0. The van der Waals surface area contributed by atoms with Crippen LogP contribution in [0, 0.1) is 0 Å². The van der Waals surface area contributed by atoms with Gasteiger partial charge in [0.1, 0.15) is 11.5 Å². The van der Waals surface area contributed by atoms with Crippen molar-refractivity contribution in [3.8, 4) is 11.5 Å². The van der Waals surface area contributed by atoms with E-state index in [1.807, 2.05) is 30.3 Å². The number of rotatable bonds is 16. The third-order valence-corrected chi connectivity index (χ3v) is 6.62. The van der Waals surface area contributed by atoms with Crippen LogP contribution < -0.4 is 32.1 Å². The van der Waals surface area contributed by atoms with Crippen LogP contribution in [0.4, 0.5) is 26.3 Å². The van der Waals surface area contributed by atoms with Crippen LogP contribution in [0.3, 0.4) is 0 Å². The molecule has 0 aromatic heterocycles. The summed E-state index contributed by atoms with van der Waals surface area (Å²) in [6, 6.07) is 12.9. The molecule has 0 radical (unpaired) electrons. The van der Waals surface area contributed by atoms with Crippen LogP contribution in [0.15, 0.2) is 61.6 Å². The number of oxime groups is 1. The highest BCUT2D eigenvalue weighted by Gasteiger charge is 2.38. The standard InChI is InChI=1S/C25H34Br2N6O3.2C2HF3O2/c26-20-15-18(16-21(27)23(20)35-14-8-11-28)17-22(33-36-19-9-4-3-5-10-19)24(34)31-12-6-1-2-7-13-32-25(29)30;2*3-2(4,5)1(6)7/h3-5,9-10,15-16H,1-2,6-8,11-14,17,28H2,(H,31,34)(H4,29,30,32);2*(H,6,7)/b33-22-;;. The molecule has 50 heavy (non-hydrogen) atoms. The summed E-state index contributed by atoms with van der Waals surface area (Å²) in [7, 11) is 0. The van der Waals surface area contributed by atoms with E-state index in [0.717, 1.165) is 46.6 Å². The Morgan fingerprint density at radius 3 is 1.84 bits per heavy atom.